The molecule has 0 saturated heterocycles. The van der Waals surface area contributed by atoms with Crippen molar-refractivity contribution in [1.82, 2.24) is 0 Å². The van der Waals surface area contributed by atoms with E-state index >= 15 is 0 Å². The van der Waals surface area contributed by atoms with Gasteiger partial charge in [-0.15, -0.1) is 0 Å². The minimum atomic E-state index is -3.74. The quantitative estimate of drug-likeness (QED) is 0.417. The normalized spacial score (nSPS) is 10.8. The standard InChI is InChI=1S/C20H17BrN4O4S/c21-14-6-10-18(11-7-14)30(28,29)25-15-8-4-13(5-9-15)19(26)23-16-2-1-3-17(12-16)24-20(22)27/h1-12,25H,(H,23,26)(H3,22,24,27). The summed E-state index contributed by atoms with van der Waals surface area (Å²) >= 11 is 3.26. The van der Waals surface area contributed by atoms with Crippen LogP contribution in [0.4, 0.5) is 21.9 Å². The third-order valence-corrected chi connectivity index (χ3v) is 5.84. The smallest absolute Gasteiger partial charge is 0.316 e. The monoisotopic (exact) mass is 488 g/mol. The van der Waals surface area contributed by atoms with Gasteiger partial charge in [0.2, 0.25) is 0 Å². The van der Waals surface area contributed by atoms with Gasteiger partial charge < -0.3 is 16.4 Å². The molecule has 0 aliphatic rings. The third kappa shape index (κ3) is 5.58. The number of sulfonamides is 1. The Bertz CT molecular complexity index is 1180. The second-order valence-corrected chi connectivity index (χ2v) is 8.76. The lowest BCUT2D eigenvalue weighted by atomic mass is 10.2. The zero-order valence-electron chi connectivity index (χ0n) is 15.4. The summed E-state index contributed by atoms with van der Waals surface area (Å²) in [6.07, 6.45) is 0. The Morgan fingerprint density at radius 3 is 2.00 bits per heavy atom. The zero-order chi connectivity index (χ0) is 21.7. The van der Waals surface area contributed by atoms with Gasteiger partial charge in [0.25, 0.3) is 15.9 Å². The van der Waals surface area contributed by atoms with Crippen molar-refractivity contribution in [1.29, 1.82) is 0 Å². The Morgan fingerprint density at radius 2 is 1.40 bits per heavy atom. The van der Waals surface area contributed by atoms with Gasteiger partial charge in [0, 0.05) is 27.1 Å². The first kappa shape index (κ1) is 21.3. The number of benzene rings is 3. The average molecular weight is 489 g/mol. The number of halogens is 1. The maximum Gasteiger partial charge on any atom is 0.316 e. The summed E-state index contributed by atoms with van der Waals surface area (Å²) < 4.78 is 28.1. The number of carbonyl (C=O) groups is 2. The number of rotatable bonds is 6. The molecule has 3 amide bonds. The Hall–Kier alpha value is -3.37. The average Bonchev–Trinajstić information content (AvgIpc) is 2.68. The summed E-state index contributed by atoms with van der Waals surface area (Å²) in [5.74, 6) is -0.395. The highest BCUT2D eigenvalue weighted by Crippen LogP contribution is 2.20. The van der Waals surface area contributed by atoms with E-state index < -0.39 is 22.0 Å². The third-order valence-electron chi connectivity index (χ3n) is 3.91. The second-order valence-electron chi connectivity index (χ2n) is 6.16. The van der Waals surface area contributed by atoms with Crippen molar-refractivity contribution in [3.05, 3.63) is 82.8 Å². The first-order chi connectivity index (χ1) is 14.2. The Morgan fingerprint density at radius 1 is 0.800 bits per heavy atom. The molecule has 30 heavy (non-hydrogen) atoms. The molecule has 0 spiro atoms. The second kappa shape index (κ2) is 8.97. The van der Waals surface area contributed by atoms with Crippen LogP contribution in [0.25, 0.3) is 0 Å². The highest BCUT2D eigenvalue weighted by atomic mass is 79.9. The molecule has 3 aromatic carbocycles. The molecule has 0 fully saturated rings. The van der Waals surface area contributed by atoms with Gasteiger partial charge >= 0.3 is 6.03 Å². The fraction of sp³-hybridized carbons (Fsp3) is 0. The Kier molecular flexibility index (Phi) is 6.38. The molecule has 5 N–H and O–H groups in total. The zero-order valence-corrected chi connectivity index (χ0v) is 17.8. The van der Waals surface area contributed by atoms with Crippen molar-refractivity contribution < 1.29 is 18.0 Å². The first-order valence-corrected chi connectivity index (χ1v) is 10.9. The number of amides is 3. The number of anilines is 3. The van der Waals surface area contributed by atoms with E-state index in [0.29, 0.717) is 22.6 Å². The van der Waals surface area contributed by atoms with Crippen molar-refractivity contribution in [2.45, 2.75) is 4.90 Å². The highest BCUT2D eigenvalue weighted by Gasteiger charge is 2.14. The van der Waals surface area contributed by atoms with Crippen molar-refractivity contribution in [3.63, 3.8) is 0 Å². The number of nitrogens with one attached hydrogen (secondary N) is 3. The number of hydrogen-bond donors (Lipinski definition) is 4. The SMILES string of the molecule is NC(=O)Nc1cccc(NC(=O)c2ccc(NS(=O)(=O)c3ccc(Br)cc3)cc2)c1. The molecule has 0 unspecified atom stereocenters. The molecular weight excluding hydrogens is 472 g/mol. The van der Waals surface area contributed by atoms with Gasteiger partial charge in [0.1, 0.15) is 0 Å². The molecule has 0 aromatic heterocycles. The van der Waals surface area contributed by atoms with Gasteiger partial charge in [-0.1, -0.05) is 22.0 Å². The number of urea groups is 1. The topological polar surface area (TPSA) is 130 Å². The van der Waals surface area contributed by atoms with E-state index in [1.807, 2.05) is 0 Å². The van der Waals surface area contributed by atoms with E-state index in [9.17, 15) is 18.0 Å². The van der Waals surface area contributed by atoms with E-state index in [1.54, 1.807) is 36.4 Å². The van der Waals surface area contributed by atoms with Crippen molar-refractivity contribution >= 4 is 55.0 Å². The van der Waals surface area contributed by atoms with E-state index in [1.165, 1.54) is 36.4 Å². The first-order valence-electron chi connectivity index (χ1n) is 8.59. The molecular formula is C20H17BrN4O4S. The van der Waals surface area contributed by atoms with Crippen LogP contribution in [0.15, 0.2) is 82.2 Å². The van der Waals surface area contributed by atoms with Crippen molar-refractivity contribution in [2.75, 3.05) is 15.4 Å². The molecule has 3 rings (SSSR count). The van der Waals surface area contributed by atoms with E-state index in [-0.39, 0.29) is 4.90 Å². The summed E-state index contributed by atoms with van der Waals surface area (Å²) in [6.45, 7) is 0. The van der Waals surface area contributed by atoms with Crippen LogP contribution in [0.1, 0.15) is 10.4 Å². The van der Waals surface area contributed by atoms with Crippen LogP contribution in [0, 0.1) is 0 Å². The summed E-state index contributed by atoms with van der Waals surface area (Å²) in [6, 6.07) is 18.0. The minimum absolute atomic E-state index is 0.122. The van der Waals surface area contributed by atoms with Crippen LogP contribution >= 0.6 is 15.9 Å². The maximum absolute atomic E-state index is 12.4. The van der Waals surface area contributed by atoms with Crippen LogP contribution < -0.4 is 21.1 Å². The number of nitrogens with two attached hydrogens (primary N) is 1. The minimum Gasteiger partial charge on any atom is -0.351 e. The van der Waals surface area contributed by atoms with Crippen LogP contribution in [-0.2, 0) is 10.0 Å². The summed E-state index contributed by atoms with van der Waals surface area (Å²) in [5.41, 5.74) is 6.64. The molecule has 3 aromatic rings. The van der Waals surface area contributed by atoms with Gasteiger partial charge in [0.15, 0.2) is 0 Å². The fourth-order valence-electron chi connectivity index (χ4n) is 2.54. The molecule has 8 nitrogen and oxygen atoms in total. The van der Waals surface area contributed by atoms with E-state index in [0.717, 1.165) is 4.47 Å². The van der Waals surface area contributed by atoms with Gasteiger partial charge in [0.05, 0.1) is 4.90 Å². The van der Waals surface area contributed by atoms with Crippen LogP contribution in [0.3, 0.4) is 0 Å². The largest absolute Gasteiger partial charge is 0.351 e. The van der Waals surface area contributed by atoms with Crippen LogP contribution in [0.2, 0.25) is 0 Å². The molecule has 0 heterocycles. The lowest BCUT2D eigenvalue weighted by Crippen LogP contribution is -2.19. The molecule has 0 aliphatic heterocycles. The van der Waals surface area contributed by atoms with E-state index in [2.05, 4.69) is 31.3 Å². The van der Waals surface area contributed by atoms with Crippen molar-refractivity contribution in [2.24, 2.45) is 5.73 Å². The van der Waals surface area contributed by atoms with Crippen molar-refractivity contribution in [3.8, 4) is 0 Å². The van der Waals surface area contributed by atoms with Gasteiger partial charge in [-0.2, -0.15) is 0 Å². The molecule has 0 saturated carbocycles. The Balaban J connectivity index is 1.68. The molecule has 0 radical (unpaired) electrons. The number of primary amides is 1. The summed E-state index contributed by atoms with van der Waals surface area (Å²) in [5, 5.41) is 5.12. The van der Waals surface area contributed by atoms with Crippen LogP contribution in [0.5, 0.6) is 0 Å². The summed E-state index contributed by atoms with van der Waals surface area (Å²) in [4.78, 5) is 23.5. The number of hydrogen-bond acceptors (Lipinski definition) is 4. The molecule has 0 bridgehead atoms. The van der Waals surface area contributed by atoms with Crippen LogP contribution in [-0.4, -0.2) is 20.4 Å². The lowest BCUT2D eigenvalue weighted by Gasteiger charge is -2.10. The predicted octanol–water partition coefficient (Wildman–Crippen LogP) is 3.99. The highest BCUT2D eigenvalue weighted by molar-refractivity contribution is 9.10. The van der Waals surface area contributed by atoms with Gasteiger partial charge in [-0.05, 0) is 66.7 Å². The molecule has 0 atom stereocenters. The fourth-order valence-corrected chi connectivity index (χ4v) is 3.86. The van der Waals surface area contributed by atoms with Gasteiger partial charge in [-0.3, -0.25) is 9.52 Å². The molecule has 0 aliphatic carbocycles. The van der Waals surface area contributed by atoms with E-state index in [4.69, 9.17) is 5.73 Å². The molecule has 154 valence electrons. The van der Waals surface area contributed by atoms with Gasteiger partial charge in [-0.25, -0.2) is 13.2 Å². The molecule has 10 heteroatoms. The predicted molar refractivity (Wildman–Crippen MR) is 119 cm³/mol. The number of carbonyl (C=O) groups excluding carboxylic acids is 2. The maximum atomic E-state index is 12.4. The lowest BCUT2D eigenvalue weighted by molar-refractivity contribution is 0.102. The summed E-state index contributed by atoms with van der Waals surface area (Å²) in [7, 11) is -3.74. The Labute approximate surface area is 181 Å².